The number of hydrogen-bond acceptors (Lipinski definition) is 4. The van der Waals surface area contributed by atoms with Crippen LogP contribution in [0.4, 0.5) is 8.78 Å². The molecule has 3 aromatic rings. The molecule has 0 unspecified atom stereocenters. The molecule has 1 N–H and O–H groups in total. The lowest BCUT2D eigenvalue weighted by Gasteiger charge is -2.06. The predicted octanol–water partition coefficient (Wildman–Crippen LogP) is 3.60. The van der Waals surface area contributed by atoms with E-state index in [-0.39, 0.29) is 11.7 Å². The van der Waals surface area contributed by atoms with Crippen molar-refractivity contribution in [3.05, 3.63) is 72.1 Å². The summed E-state index contributed by atoms with van der Waals surface area (Å²) < 4.78 is 28.5. The summed E-state index contributed by atoms with van der Waals surface area (Å²) in [4.78, 5) is 20.6. The number of halogens is 2. The van der Waals surface area contributed by atoms with Gasteiger partial charge in [-0.3, -0.25) is 9.78 Å². The van der Waals surface area contributed by atoms with E-state index in [0.29, 0.717) is 18.7 Å². The van der Waals surface area contributed by atoms with Gasteiger partial charge in [0, 0.05) is 12.6 Å². The third-order valence-corrected chi connectivity index (χ3v) is 3.73. The summed E-state index contributed by atoms with van der Waals surface area (Å²) in [6, 6.07) is 13.8. The van der Waals surface area contributed by atoms with E-state index in [2.05, 4.69) is 20.0 Å². The predicted molar refractivity (Wildman–Crippen MR) is 98.4 cm³/mol. The molecule has 0 aliphatic rings. The van der Waals surface area contributed by atoms with E-state index in [1.54, 1.807) is 24.4 Å². The molecule has 0 bridgehead atoms. The van der Waals surface area contributed by atoms with E-state index >= 15 is 0 Å². The van der Waals surface area contributed by atoms with Gasteiger partial charge in [-0.25, -0.2) is 4.98 Å². The van der Waals surface area contributed by atoms with E-state index < -0.39 is 6.61 Å². The Bertz CT molecular complexity index is 943. The number of amides is 1. The zero-order valence-corrected chi connectivity index (χ0v) is 14.3. The number of nitrogens with one attached hydrogen (secondary N) is 1. The zero-order chi connectivity index (χ0) is 19.1. The zero-order valence-electron chi connectivity index (χ0n) is 14.3. The van der Waals surface area contributed by atoms with Gasteiger partial charge in [-0.05, 0) is 42.3 Å². The number of para-hydroxylation sites is 2. The van der Waals surface area contributed by atoms with Crippen LogP contribution in [0.3, 0.4) is 0 Å². The van der Waals surface area contributed by atoms with Gasteiger partial charge in [0.05, 0.1) is 22.9 Å². The van der Waals surface area contributed by atoms with Crippen LogP contribution in [0.25, 0.3) is 17.1 Å². The highest BCUT2D eigenvalue weighted by molar-refractivity contribution is 5.91. The third-order valence-electron chi connectivity index (χ3n) is 3.73. The monoisotopic (exact) mass is 369 g/mol. The number of rotatable bonds is 7. The van der Waals surface area contributed by atoms with Gasteiger partial charge in [0.2, 0.25) is 5.91 Å². The fourth-order valence-electron chi connectivity index (χ4n) is 2.44. The largest absolute Gasteiger partial charge is 0.435 e. The van der Waals surface area contributed by atoms with Crippen molar-refractivity contribution in [2.24, 2.45) is 0 Å². The topological polar surface area (TPSA) is 64.1 Å². The summed E-state index contributed by atoms with van der Waals surface area (Å²) in [6.07, 6.45) is 5.18. The normalized spacial score (nSPS) is 11.2. The smallest absolute Gasteiger partial charge is 0.387 e. The Hall–Kier alpha value is -3.35. The molecule has 0 saturated heterocycles. The number of fused-ring (bicyclic) bond motifs is 1. The van der Waals surface area contributed by atoms with E-state index in [1.165, 1.54) is 18.2 Å². The van der Waals surface area contributed by atoms with Gasteiger partial charge >= 0.3 is 6.61 Å². The Labute approximate surface area is 154 Å². The van der Waals surface area contributed by atoms with E-state index in [1.807, 2.05) is 24.3 Å². The number of ether oxygens (including phenoxy) is 1. The molecule has 0 saturated carbocycles. The second-order valence-electron chi connectivity index (χ2n) is 5.68. The minimum absolute atomic E-state index is 0.109. The molecule has 0 aliphatic heterocycles. The second kappa shape index (κ2) is 8.84. The highest BCUT2D eigenvalue weighted by atomic mass is 19.3. The van der Waals surface area contributed by atoms with Gasteiger partial charge in [-0.1, -0.05) is 24.3 Å². The summed E-state index contributed by atoms with van der Waals surface area (Å²) in [5.41, 5.74) is 3.06. The van der Waals surface area contributed by atoms with E-state index in [4.69, 9.17) is 0 Å². The average Bonchev–Trinajstić information content (AvgIpc) is 2.67. The average molecular weight is 369 g/mol. The first kappa shape index (κ1) is 18.4. The van der Waals surface area contributed by atoms with Crippen molar-refractivity contribution in [2.45, 2.75) is 13.0 Å². The third kappa shape index (κ3) is 5.57. The van der Waals surface area contributed by atoms with Gasteiger partial charge in [-0.2, -0.15) is 8.78 Å². The van der Waals surface area contributed by atoms with Crippen molar-refractivity contribution in [1.82, 2.24) is 15.3 Å². The minimum Gasteiger partial charge on any atom is -0.435 e. The number of hydrogen-bond donors (Lipinski definition) is 1. The maximum absolute atomic E-state index is 12.1. The number of carbonyl (C=O) groups excluding carboxylic acids is 1. The van der Waals surface area contributed by atoms with Crippen molar-refractivity contribution in [3.63, 3.8) is 0 Å². The molecule has 138 valence electrons. The molecule has 27 heavy (non-hydrogen) atoms. The van der Waals surface area contributed by atoms with Crippen LogP contribution in [0.2, 0.25) is 0 Å². The molecular formula is C20H17F2N3O2. The highest BCUT2D eigenvalue weighted by Gasteiger charge is 2.04. The molecule has 0 aliphatic carbocycles. The van der Waals surface area contributed by atoms with Crippen molar-refractivity contribution in [3.8, 4) is 5.75 Å². The number of benzene rings is 2. The van der Waals surface area contributed by atoms with Crippen LogP contribution >= 0.6 is 0 Å². The molecule has 0 fully saturated rings. The standard InChI is InChI=1S/C20H17F2N3O2/c21-20(22)27-16-8-5-14(6-9-16)11-12-23-19(26)10-7-15-13-24-17-3-1-2-4-18(17)25-15/h1-10,13,20H,11-12H2,(H,23,26)/b10-7+. The number of alkyl halides is 2. The Balaban J connectivity index is 1.48. The highest BCUT2D eigenvalue weighted by Crippen LogP contribution is 2.15. The molecule has 0 spiro atoms. The summed E-state index contributed by atoms with van der Waals surface area (Å²) in [5, 5.41) is 2.76. The van der Waals surface area contributed by atoms with Crippen LogP contribution in [-0.2, 0) is 11.2 Å². The summed E-state index contributed by atoms with van der Waals surface area (Å²) in [6.45, 7) is -2.42. The quantitative estimate of drug-likeness (QED) is 0.647. The Morgan fingerprint density at radius 3 is 2.59 bits per heavy atom. The van der Waals surface area contributed by atoms with Crippen molar-refractivity contribution in [2.75, 3.05) is 6.54 Å². The Morgan fingerprint density at radius 1 is 1.11 bits per heavy atom. The maximum atomic E-state index is 12.1. The lowest BCUT2D eigenvalue weighted by atomic mass is 10.1. The molecule has 5 nitrogen and oxygen atoms in total. The van der Waals surface area contributed by atoms with Crippen LogP contribution in [0.5, 0.6) is 5.75 Å². The minimum atomic E-state index is -2.84. The van der Waals surface area contributed by atoms with Crippen LogP contribution < -0.4 is 10.1 Å². The fourth-order valence-corrected chi connectivity index (χ4v) is 2.44. The van der Waals surface area contributed by atoms with Gasteiger partial charge in [-0.15, -0.1) is 0 Å². The summed E-state index contributed by atoms with van der Waals surface area (Å²) >= 11 is 0. The molecule has 0 atom stereocenters. The summed E-state index contributed by atoms with van der Waals surface area (Å²) in [5.74, 6) is -0.139. The van der Waals surface area contributed by atoms with Crippen LogP contribution in [0, 0.1) is 0 Å². The first-order valence-electron chi connectivity index (χ1n) is 8.31. The molecule has 3 rings (SSSR count). The molecule has 1 heterocycles. The first-order valence-corrected chi connectivity index (χ1v) is 8.31. The molecule has 1 aromatic heterocycles. The molecule has 1 amide bonds. The van der Waals surface area contributed by atoms with E-state index in [9.17, 15) is 13.6 Å². The van der Waals surface area contributed by atoms with Gasteiger partial charge in [0.25, 0.3) is 0 Å². The van der Waals surface area contributed by atoms with Crippen molar-refractivity contribution >= 4 is 23.0 Å². The fraction of sp³-hybridized carbons (Fsp3) is 0.150. The Morgan fingerprint density at radius 2 is 1.85 bits per heavy atom. The molecule has 0 radical (unpaired) electrons. The van der Waals surface area contributed by atoms with Gasteiger partial charge in [0.1, 0.15) is 5.75 Å². The van der Waals surface area contributed by atoms with Gasteiger partial charge < -0.3 is 10.1 Å². The molecule has 2 aromatic carbocycles. The second-order valence-corrected chi connectivity index (χ2v) is 5.68. The van der Waals surface area contributed by atoms with Crippen LogP contribution in [-0.4, -0.2) is 29.0 Å². The van der Waals surface area contributed by atoms with Crippen LogP contribution in [0.1, 0.15) is 11.3 Å². The molecule has 7 heteroatoms. The van der Waals surface area contributed by atoms with E-state index in [0.717, 1.165) is 16.6 Å². The van der Waals surface area contributed by atoms with Crippen molar-refractivity contribution in [1.29, 1.82) is 0 Å². The SMILES string of the molecule is O=C(/C=C/c1cnc2ccccc2n1)NCCc1ccc(OC(F)F)cc1. The van der Waals surface area contributed by atoms with Gasteiger partial charge in [0.15, 0.2) is 0 Å². The maximum Gasteiger partial charge on any atom is 0.387 e. The number of nitrogens with zero attached hydrogens (tertiary/aromatic N) is 2. The lowest BCUT2D eigenvalue weighted by Crippen LogP contribution is -2.23. The lowest BCUT2D eigenvalue weighted by molar-refractivity contribution is -0.116. The summed E-state index contributed by atoms with van der Waals surface area (Å²) in [7, 11) is 0. The first-order chi connectivity index (χ1) is 13.1. The van der Waals surface area contributed by atoms with Crippen molar-refractivity contribution < 1.29 is 18.3 Å². The van der Waals surface area contributed by atoms with Crippen LogP contribution in [0.15, 0.2) is 60.8 Å². The Kier molecular flexibility index (Phi) is 6.04. The molecular weight excluding hydrogens is 352 g/mol. The number of aromatic nitrogens is 2. The number of carbonyl (C=O) groups is 1.